The third kappa shape index (κ3) is 3.08. The van der Waals surface area contributed by atoms with E-state index >= 15 is 0 Å². The number of carbonyl (C=O) groups excluding carboxylic acids is 1. The Bertz CT molecular complexity index is 1190. The SMILES string of the molecule is Cc1cc2nnc(SC(C)C(=O)c3ccc(F)cc3F)n2c2ccccc12. The minimum absolute atomic E-state index is 0.133. The molecule has 0 amide bonds. The van der Waals surface area contributed by atoms with Gasteiger partial charge in [-0.3, -0.25) is 9.20 Å². The molecule has 136 valence electrons. The number of pyridine rings is 1. The van der Waals surface area contributed by atoms with Crippen molar-refractivity contribution < 1.29 is 13.6 Å². The summed E-state index contributed by atoms with van der Waals surface area (Å²) in [5, 5.41) is 9.41. The number of para-hydroxylation sites is 1. The standard InChI is InChI=1S/C20H15F2N3OS/c1-11-9-18-23-24-20(25(18)17-6-4-3-5-14(11)17)27-12(2)19(26)15-8-7-13(21)10-16(15)22/h3-10,12H,1-2H3. The van der Waals surface area contributed by atoms with Crippen molar-refractivity contribution in [3.05, 3.63) is 71.3 Å². The number of nitrogens with zero attached hydrogens (tertiary/aromatic N) is 3. The number of benzene rings is 2. The molecule has 2 heterocycles. The number of aryl methyl sites for hydroxylation is 1. The summed E-state index contributed by atoms with van der Waals surface area (Å²) >= 11 is 1.20. The average Bonchev–Trinajstić information content (AvgIpc) is 3.04. The molecule has 0 saturated carbocycles. The summed E-state index contributed by atoms with van der Waals surface area (Å²) in [6.45, 7) is 3.68. The number of ketones is 1. The quantitative estimate of drug-likeness (QED) is 0.374. The van der Waals surface area contributed by atoms with Gasteiger partial charge in [0.1, 0.15) is 11.6 Å². The lowest BCUT2D eigenvalue weighted by atomic mass is 10.1. The Morgan fingerprint density at radius 2 is 1.89 bits per heavy atom. The Morgan fingerprint density at radius 3 is 2.67 bits per heavy atom. The minimum Gasteiger partial charge on any atom is -0.293 e. The zero-order chi connectivity index (χ0) is 19.1. The van der Waals surface area contributed by atoms with E-state index in [1.807, 2.05) is 41.7 Å². The van der Waals surface area contributed by atoms with E-state index < -0.39 is 22.7 Å². The van der Waals surface area contributed by atoms with Gasteiger partial charge < -0.3 is 0 Å². The van der Waals surface area contributed by atoms with Crippen LogP contribution in [0.1, 0.15) is 22.8 Å². The Labute approximate surface area is 158 Å². The predicted molar refractivity (Wildman–Crippen MR) is 101 cm³/mol. The van der Waals surface area contributed by atoms with E-state index in [-0.39, 0.29) is 5.56 Å². The molecule has 0 aliphatic rings. The predicted octanol–water partition coefficient (Wildman–Crippen LogP) is 4.83. The van der Waals surface area contributed by atoms with Gasteiger partial charge in [-0.1, -0.05) is 30.0 Å². The van der Waals surface area contributed by atoms with Crippen LogP contribution in [0.4, 0.5) is 8.78 Å². The van der Waals surface area contributed by atoms with Gasteiger partial charge >= 0.3 is 0 Å². The topological polar surface area (TPSA) is 47.3 Å². The third-order valence-corrected chi connectivity index (χ3v) is 5.46. The van der Waals surface area contributed by atoms with Crippen molar-refractivity contribution in [2.75, 3.05) is 0 Å². The normalized spacial score (nSPS) is 12.6. The van der Waals surface area contributed by atoms with Crippen LogP contribution >= 0.6 is 11.8 Å². The van der Waals surface area contributed by atoms with E-state index in [4.69, 9.17) is 0 Å². The van der Waals surface area contributed by atoms with Gasteiger partial charge in [0.05, 0.1) is 16.3 Å². The number of fused-ring (bicyclic) bond motifs is 3. The molecule has 0 fully saturated rings. The number of aromatic nitrogens is 3. The average molecular weight is 383 g/mol. The maximum atomic E-state index is 13.9. The fraction of sp³-hybridized carbons (Fsp3) is 0.150. The molecule has 0 aliphatic heterocycles. The van der Waals surface area contributed by atoms with E-state index in [9.17, 15) is 13.6 Å². The zero-order valence-corrected chi connectivity index (χ0v) is 15.4. The molecule has 7 heteroatoms. The summed E-state index contributed by atoms with van der Waals surface area (Å²) < 4.78 is 28.9. The molecule has 4 nitrogen and oxygen atoms in total. The van der Waals surface area contributed by atoms with Crippen molar-refractivity contribution >= 4 is 34.1 Å². The van der Waals surface area contributed by atoms with Crippen molar-refractivity contribution in [1.29, 1.82) is 0 Å². The van der Waals surface area contributed by atoms with Crippen LogP contribution < -0.4 is 0 Å². The summed E-state index contributed by atoms with van der Waals surface area (Å²) in [6.07, 6.45) is 0. The molecule has 4 rings (SSSR count). The van der Waals surface area contributed by atoms with Gasteiger partial charge in [-0.05, 0) is 43.7 Å². The second-order valence-electron chi connectivity index (χ2n) is 6.27. The van der Waals surface area contributed by atoms with Crippen molar-refractivity contribution in [3.8, 4) is 0 Å². The lowest BCUT2D eigenvalue weighted by molar-refractivity contribution is 0.0990. The second kappa shape index (κ2) is 6.74. The van der Waals surface area contributed by atoms with Crippen LogP contribution in [0.2, 0.25) is 0 Å². The number of thioether (sulfide) groups is 1. The molecule has 0 saturated heterocycles. The van der Waals surface area contributed by atoms with Crippen molar-refractivity contribution in [2.45, 2.75) is 24.3 Å². The number of Topliss-reactive ketones (excluding diaryl/α,β-unsaturated/α-hetero) is 1. The van der Waals surface area contributed by atoms with E-state index in [0.717, 1.165) is 22.5 Å². The lowest BCUT2D eigenvalue weighted by Crippen LogP contribution is -2.16. The minimum atomic E-state index is -0.861. The number of halogens is 2. The summed E-state index contributed by atoms with van der Waals surface area (Å²) in [7, 11) is 0. The molecule has 0 aliphatic carbocycles. The van der Waals surface area contributed by atoms with Gasteiger partial charge in [0, 0.05) is 11.5 Å². The van der Waals surface area contributed by atoms with E-state index in [2.05, 4.69) is 10.2 Å². The first-order valence-corrected chi connectivity index (χ1v) is 9.23. The Kier molecular flexibility index (Phi) is 4.39. The Balaban J connectivity index is 1.73. The summed E-state index contributed by atoms with van der Waals surface area (Å²) in [6, 6.07) is 12.8. The Morgan fingerprint density at radius 1 is 1.11 bits per heavy atom. The Hall–Kier alpha value is -2.80. The molecular formula is C20H15F2N3OS. The van der Waals surface area contributed by atoms with Gasteiger partial charge in [-0.25, -0.2) is 8.78 Å². The summed E-state index contributed by atoms with van der Waals surface area (Å²) in [5.41, 5.74) is 2.57. The number of hydrogen-bond donors (Lipinski definition) is 0. The maximum absolute atomic E-state index is 13.9. The third-order valence-electron chi connectivity index (χ3n) is 4.42. The van der Waals surface area contributed by atoms with Crippen LogP contribution in [-0.4, -0.2) is 25.6 Å². The molecule has 27 heavy (non-hydrogen) atoms. The largest absolute Gasteiger partial charge is 0.293 e. The first kappa shape index (κ1) is 17.6. The highest BCUT2D eigenvalue weighted by atomic mass is 32.2. The van der Waals surface area contributed by atoms with E-state index in [1.54, 1.807) is 6.92 Å². The molecule has 1 atom stereocenters. The second-order valence-corrected chi connectivity index (χ2v) is 7.58. The van der Waals surface area contributed by atoms with E-state index in [1.165, 1.54) is 17.8 Å². The van der Waals surface area contributed by atoms with Gasteiger partial charge in [0.25, 0.3) is 0 Å². The van der Waals surface area contributed by atoms with Crippen LogP contribution in [0.3, 0.4) is 0 Å². The molecule has 0 N–H and O–H groups in total. The highest BCUT2D eigenvalue weighted by molar-refractivity contribution is 8.00. The number of rotatable bonds is 4. The number of carbonyl (C=O) groups is 1. The highest BCUT2D eigenvalue weighted by Gasteiger charge is 2.23. The van der Waals surface area contributed by atoms with Gasteiger partial charge in [-0.2, -0.15) is 0 Å². The van der Waals surface area contributed by atoms with Gasteiger partial charge in [0.15, 0.2) is 16.6 Å². The smallest absolute Gasteiger partial charge is 0.196 e. The fourth-order valence-corrected chi connectivity index (χ4v) is 4.01. The van der Waals surface area contributed by atoms with E-state index in [0.29, 0.717) is 16.9 Å². The molecule has 2 aromatic carbocycles. The molecule has 1 unspecified atom stereocenters. The van der Waals surface area contributed by atoms with Crippen molar-refractivity contribution in [1.82, 2.24) is 14.6 Å². The first-order chi connectivity index (χ1) is 13.0. The van der Waals surface area contributed by atoms with Crippen molar-refractivity contribution in [2.24, 2.45) is 0 Å². The molecule has 0 spiro atoms. The van der Waals surface area contributed by atoms with Gasteiger partial charge in [0.2, 0.25) is 0 Å². The first-order valence-electron chi connectivity index (χ1n) is 8.35. The molecule has 0 radical (unpaired) electrons. The van der Waals surface area contributed by atoms with Crippen molar-refractivity contribution in [3.63, 3.8) is 0 Å². The molecule has 0 bridgehead atoms. The molecule has 2 aromatic heterocycles. The van der Waals surface area contributed by atoms with Crippen LogP contribution in [0, 0.1) is 18.6 Å². The number of hydrogen-bond acceptors (Lipinski definition) is 4. The zero-order valence-electron chi connectivity index (χ0n) is 14.6. The molecular weight excluding hydrogens is 368 g/mol. The molecule has 4 aromatic rings. The van der Waals surface area contributed by atoms with Crippen LogP contribution in [0.5, 0.6) is 0 Å². The summed E-state index contributed by atoms with van der Waals surface area (Å²) in [5.74, 6) is -2.00. The highest BCUT2D eigenvalue weighted by Crippen LogP contribution is 2.29. The lowest BCUT2D eigenvalue weighted by Gasteiger charge is -2.11. The van der Waals surface area contributed by atoms with Crippen LogP contribution in [0.25, 0.3) is 16.6 Å². The fourth-order valence-electron chi connectivity index (χ4n) is 3.07. The van der Waals surface area contributed by atoms with Gasteiger partial charge in [-0.15, -0.1) is 10.2 Å². The summed E-state index contributed by atoms with van der Waals surface area (Å²) in [4.78, 5) is 12.6. The van der Waals surface area contributed by atoms with Crippen LogP contribution in [0.15, 0.2) is 53.7 Å². The monoisotopic (exact) mass is 383 g/mol. The maximum Gasteiger partial charge on any atom is 0.196 e. The van der Waals surface area contributed by atoms with Crippen LogP contribution in [-0.2, 0) is 0 Å².